The highest BCUT2D eigenvalue weighted by Gasteiger charge is 2.12. The number of carbonyl (C=O) groups excluding carboxylic acids is 1. The Morgan fingerprint density at radius 3 is 2.32 bits per heavy atom. The van der Waals surface area contributed by atoms with Crippen molar-refractivity contribution in [3.05, 3.63) is 60.2 Å². The van der Waals surface area contributed by atoms with E-state index in [1.54, 1.807) is 13.8 Å². The molecule has 116 valence electrons. The highest BCUT2D eigenvalue weighted by molar-refractivity contribution is 5.75. The Kier molecular flexibility index (Phi) is 5.98. The number of hydrogen-bond acceptors (Lipinski definition) is 4. The van der Waals surface area contributed by atoms with Gasteiger partial charge in [0, 0.05) is 6.54 Å². The van der Waals surface area contributed by atoms with Gasteiger partial charge in [0.2, 0.25) is 0 Å². The molecule has 2 rings (SSSR count). The predicted molar refractivity (Wildman–Crippen MR) is 85.9 cm³/mol. The van der Waals surface area contributed by atoms with Crippen molar-refractivity contribution in [3.8, 4) is 11.5 Å². The van der Waals surface area contributed by atoms with Gasteiger partial charge in [-0.05, 0) is 43.7 Å². The molecule has 4 nitrogen and oxygen atoms in total. The van der Waals surface area contributed by atoms with Crippen LogP contribution >= 0.6 is 0 Å². The van der Waals surface area contributed by atoms with Crippen molar-refractivity contribution in [1.82, 2.24) is 5.32 Å². The Morgan fingerprint density at radius 1 is 1.05 bits per heavy atom. The van der Waals surface area contributed by atoms with Gasteiger partial charge in [0.25, 0.3) is 0 Å². The van der Waals surface area contributed by atoms with E-state index in [-0.39, 0.29) is 12.0 Å². The Hall–Kier alpha value is -2.33. The molecule has 0 amide bonds. The topological polar surface area (TPSA) is 47.6 Å². The van der Waals surface area contributed by atoms with E-state index in [4.69, 9.17) is 9.47 Å². The molecule has 0 bridgehead atoms. The molecule has 0 aliphatic rings. The Labute approximate surface area is 131 Å². The maximum atomic E-state index is 11.5. The van der Waals surface area contributed by atoms with Gasteiger partial charge < -0.3 is 14.8 Å². The van der Waals surface area contributed by atoms with Gasteiger partial charge in [0.1, 0.15) is 17.5 Å². The van der Waals surface area contributed by atoms with Gasteiger partial charge in [-0.25, -0.2) is 0 Å². The molecule has 0 aliphatic heterocycles. The van der Waals surface area contributed by atoms with Crippen molar-refractivity contribution < 1.29 is 14.3 Å². The third-order valence-corrected chi connectivity index (χ3v) is 3.15. The Morgan fingerprint density at radius 2 is 1.68 bits per heavy atom. The normalized spacial score (nSPS) is 11.7. The first kappa shape index (κ1) is 16.0. The lowest BCUT2D eigenvalue weighted by molar-refractivity contribution is -0.145. The third kappa shape index (κ3) is 4.90. The smallest absolute Gasteiger partial charge is 0.322 e. The zero-order valence-corrected chi connectivity index (χ0v) is 12.9. The van der Waals surface area contributed by atoms with Crippen molar-refractivity contribution in [3.63, 3.8) is 0 Å². The molecule has 22 heavy (non-hydrogen) atoms. The molecule has 4 heteroatoms. The average molecular weight is 299 g/mol. The van der Waals surface area contributed by atoms with E-state index in [1.165, 1.54) is 0 Å². The molecule has 0 spiro atoms. The predicted octanol–water partition coefficient (Wildman–Crippen LogP) is 3.52. The molecule has 1 unspecified atom stereocenters. The molecule has 0 radical (unpaired) electrons. The molecular weight excluding hydrogens is 278 g/mol. The summed E-state index contributed by atoms with van der Waals surface area (Å²) >= 11 is 0. The van der Waals surface area contributed by atoms with Crippen molar-refractivity contribution in [2.24, 2.45) is 0 Å². The summed E-state index contributed by atoms with van der Waals surface area (Å²) in [6.07, 6.45) is 0. The number of para-hydroxylation sites is 1. The summed E-state index contributed by atoms with van der Waals surface area (Å²) in [5.41, 5.74) is 1.08. The lowest BCUT2D eigenvalue weighted by Crippen LogP contribution is -2.34. The zero-order valence-electron chi connectivity index (χ0n) is 12.9. The summed E-state index contributed by atoms with van der Waals surface area (Å²) in [6, 6.07) is 17.1. The summed E-state index contributed by atoms with van der Waals surface area (Å²) in [5, 5.41) is 3.14. The van der Waals surface area contributed by atoms with E-state index in [0.29, 0.717) is 13.2 Å². The Bertz CT molecular complexity index is 581. The highest BCUT2D eigenvalue weighted by atomic mass is 16.5. The van der Waals surface area contributed by atoms with E-state index in [1.807, 2.05) is 54.6 Å². The van der Waals surface area contributed by atoms with E-state index < -0.39 is 0 Å². The van der Waals surface area contributed by atoms with Gasteiger partial charge in [0.15, 0.2) is 0 Å². The molecule has 1 N–H and O–H groups in total. The van der Waals surface area contributed by atoms with Crippen LogP contribution in [0.5, 0.6) is 11.5 Å². The van der Waals surface area contributed by atoms with E-state index >= 15 is 0 Å². The second-order valence-electron chi connectivity index (χ2n) is 4.91. The van der Waals surface area contributed by atoms with Crippen LogP contribution in [-0.4, -0.2) is 18.6 Å². The van der Waals surface area contributed by atoms with Crippen LogP contribution < -0.4 is 10.1 Å². The highest BCUT2D eigenvalue weighted by Crippen LogP contribution is 2.21. The number of ether oxygens (including phenoxy) is 2. The number of carbonyl (C=O) groups is 1. The summed E-state index contributed by atoms with van der Waals surface area (Å²) in [7, 11) is 0. The van der Waals surface area contributed by atoms with Crippen molar-refractivity contribution in [2.75, 3.05) is 6.61 Å². The molecule has 2 aromatic rings. The van der Waals surface area contributed by atoms with Gasteiger partial charge in [-0.3, -0.25) is 4.79 Å². The van der Waals surface area contributed by atoms with E-state index in [0.717, 1.165) is 17.1 Å². The minimum absolute atomic E-state index is 0.230. The standard InChI is InChI=1S/C18H21NO3/c1-3-21-18(20)14(2)19-13-15-9-11-17(12-10-15)22-16-7-5-4-6-8-16/h4-12,14,19H,3,13H2,1-2H3. The monoisotopic (exact) mass is 299 g/mol. The molecule has 0 aliphatic carbocycles. The molecule has 0 aromatic heterocycles. The van der Waals surface area contributed by atoms with Crippen LogP contribution in [0.15, 0.2) is 54.6 Å². The zero-order chi connectivity index (χ0) is 15.8. The number of rotatable bonds is 7. The largest absolute Gasteiger partial charge is 0.465 e. The summed E-state index contributed by atoms with van der Waals surface area (Å²) in [4.78, 5) is 11.5. The van der Waals surface area contributed by atoms with Gasteiger partial charge in [0.05, 0.1) is 6.61 Å². The summed E-state index contributed by atoms with van der Waals surface area (Å²) < 4.78 is 10.7. The first-order chi connectivity index (χ1) is 10.7. The molecule has 0 saturated heterocycles. The number of benzene rings is 2. The average Bonchev–Trinajstić information content (AvgIpc) is 2.55. The van der Waals surface area contributed by atoms with Gasteiger partial charge >= 0.3 is 5.97 Å². The number of hydrogen-bond donors (Lipinski definition) is 1. The van der Waals surface area contributed by atoms with Gasteiger partial charge in [-0.15, -0.1) is 0 Å². The minimum Gasteiger partial charge on any atom is -0.465 e. The van der Waals surface area contributed by atoms with E-state index in [2.05, 4.69) is 5.32 Å². The minimum atomic E-state index is -0.319. The van der Waals surface area contributed by atoms with Crippen LogP contribution in [0.1, 0.15) is 19.4 Å². The van der Waals surface area contributed by atoms with Crippen LogP contribution in [0, 0.1) is 0 Å². The van der Waals surface area contributed by atoms with Crippen molar-refractivity contribution >= 4 is 5.97 Å². The maximum absolute atomic E-state index is 11.5. The maximum Gasteiger partial charge on any atom is 0.322 e. The Balaban J connectivity index is 1.85. The summed E-state index contributed by atoms with van der Waals surface area (Å²) in [6.45, 7) is 4.60. The second kappa shape index (κ2) is 8.20. The van der Waals surface area contributed by atoms with Crippen LogP contribution in [0.3, 0.4) is 0 Å². The lowest BCUT2D eigenvalue weighted by Gasteiger charge is -2.13. The quantitative estimate of drug-likeness (QED) is 0.795. The molecule has 2 aromatic carbocycles. The van der Waals surface area contributed by atoms with Crippen molar-refractivity contribution in [1.29, 1.82) is 0 Å². The van der Waals surface area contributed by atoms with E-state index in [9.17, 15) is 4.79 Å². The first-order valence-corrected chi connectivity index (χ1v) is 7.41. The fourth-order valence-corrected chi connectivity index (χ4v) is 1.92. The first-order valence-electron chi connectivity index (χ1n) is 7.41. The molecule has 1 atom stereocenters. The van der Waals surface area contributed by atoms with Crippen LogP contribution in [-0.2, 0) is 16.1 Å². The number of esters is 1. The van der Waals surface area contributed by atoms with Crippen LogP contribution in [0.2, 0.25) is 0 Å². The number of nitrogens with one attached hydrogen (secondary N) is 1. The second-order valence-corrected chi connectivity index (χ2v) is 4.91. The third-order valence-electron chi connectivity index (χ3n) is 3.15. The molecule has 0 heterocycles. The lowest BCUT2D eigenvalue weighted by atomic mass is 10.2. The molecular formula is C18H21NO3. The summed E-state index contributed by atoms with van der Waals surface area (Å²) in [5.74, 6) is 1.37. The van der Waals surface area contributed by atoms with Crippen molar-refractivity contribution in [2.45, 2.75) is 26.4 Å². The SMILES string of the molecule is CCOC(=O)C(C)NCc1ccc(Oc2ccccc2)cc1. The fraction of sp³-hybridized carbons (Fsp3) is 0.278. The molecule has 0 fully saturated rings. The van der Waals surface area contributed by atoms with Gasteiger partial charge in [-0.1, -0.05) is 30.3 Å². The van der Waals surface area contributed by atoms with Gasteiger partial charge in [-0.2, -0.15) is 0 Å². The van der Waals surface area contributed by atoms with Crippen LogP contribution in [0.4, 0.5) is 0 Å². The fourth-order valence-electron chi connectivity index (χ4n) is 1.92. The molecule has 0 saturated carbocycles. The van der Waals surface area contributed by atoms with Crippen LogP contribution in [0.25, 0.3) is 0 Å².